The molecule has 0 spiro atoms. The van der Waals surface area contributed by atoms with E-state index in [0.717, 1.165) is 24.8 Å². The average Bonchev–Trinajstić information content (AvgIpc) is 2.81. The second-order valence-corrected chi connectivity index (χ2v) is 6.00. The molecule has 1 aliphatic carbocycles. The minimum Gasteiger partial charge on any atom is -0.480 e. The highest BCUT2D eigenvalue weighted by molar-refractivity contribution is 5.93. The van der Waals surface area contributed by atoms with Gasteiger partial charge in [-0.25, -0.2) is 4.79 Å². The number of aliphatic hydroxyl groups is 1. The van der Waals surface area contributed by atoms with Gasteiger partial charge in [-0.1, -0.05) is 36.8 Å². The highest BCUT2D eigenvalue weighted by Gasteiger charge is 2.51. The number of aliphatic hydroxyl groups excluding tert-OH is 1. The smallest absolute Gasteiger partial charge is 0.326 e. The summed E-state index contributed by atoms with van der Waals surface area (Å²) < 4.78 is 0. The number of amides is 1. The third-order valence-electron chi connectivity index (χ3n) is 4.77. The maximum atomic E-state index is 13.0. The van der Waals surface area contributed by atoms with Gasteiger partial charge in [0.2, 0.25) is 5.91 Å². The van der Waals surface area contributed by atoms with Crippen LogP contribution in [0.4, 0.5) is 0 Å². The molecule has 0 radical (unpaired) electrons. The Labute approximate surface area is 123 Å². The number of hydrogen-bond donors (Lipinski definition) is 2. The molecular formula is C16H19NO4. The molecule has 0 aromatic heterocycles. The Bertz CT molecular complexity index is 553. The first kappa shape index (κ1) is 14.1. The van der Waals surface area contributed by atoms with E-state index in [1.807, 2.05) is 30.3 Å². The fourth-order valence-electron chi connectivity index (χ4n) is 3.46. The Morgan fingerprint density at radius 1 is 1.19 bits per heavy atom. The van der Waals surface area contributed by atoms with Crippen molar-refractivity contribution in [2.45, 2.75) is 43.2 Å². The van der Waals surface area contributed by atoms with Gasteiger partial charge >= 0.3 is 5.97 Å². The molecule has 1 aromatic carbocycles. The van der Waals surface area contributed by atoms with E-state index in [2.05, 4.69) is 0 Å². The van der Waals surface area contributed by atoms with E-state index in [1.165, 1.54) is 4.90 Å². The summed E-state index contributed by atoms with van der Waals surface area (Å²) in [7, 11) is 0. The van der Waals surface area contributed by atoms with Gasteiger partial charge in [0.15, 0.2) is 0 Å². The highest BCUT2D eigenvalue weighted by Crippen LogP contribution is 2.46. The number of benzene rings is 1. The number of hydrogen-bond acceptors (Lipinski definition) is 3. The molecule has 2 atom stereocenters. The van der Waals surface area contributed by atoms with Gasteiger partial charge in [-0.15, -0.1) is 0 Å². The summed E-state index contributed by atoms with van der Waals surface area (Å²) >= 11 is 0. The van der Waals surface area contributed by atoms with Crippen molar-refractivity contribution >= 4 is 11.9 Å². The largest absolute Gasteiger partial charge is 0.480 e. The van der Waals surface area contributed by atoms with E-state index in [-0.39, 0.29) is 18.9 Å². The Hall–Kier alpha value is -1.88. The van der Waals surface area contributed by atoms with Gasteiger partial charge in [-0.05, 0) is 18.4 Å². The van der Waals surface area contributed by atoms with Crippen LogP contribution in [-0.4, -0.2) is 45.7 Å². The molecule has 0 unspecified atom stereocenters. The van der Waals surface area contributed by atoms with E-state index < -0.39 is 23.5 Å². The van der Waals surface area contributed by atoms with Gasteiger partial charge in [-0.2, -0.15) is 0 Å². The first-order chi connectivity index (χ1) is 10.0. The highest BCUT2D eigenvalue weighted by atomic mass is 16.4. The molecule has 2 N–H and O–H groups in total. The molecule has 1 amide bonds. The van der Waals surface area contributed by atoms with Gasteiger partial charge in [0, 0.05) is 13.0 Å². The van der Waals surface area contributed by atoms with Crippen molar-refractivity contribution in [2.75, 3.05) is 6.54 Å². The van der Waals surface area contributed by atoms with E-state index in [0.29, 0.717) is 0 Å². The number of likely N-dealkylation sites (tertiary alicyclic amines) is 1. The van der Waals surface area contributed by atoms with Gasteiger partial charge in [0.05, 0.1) is 11.5 Å². The van der Waals surface area contributed by atoms with Crippen LogP contribution in [0.5, 0.6) is 0 Å². The van der Waals surface area contributed by atoms with Gasteiger partial charge < -0.3 is 15.1 Å². The van der Waals surface area contributed by atoms with Gasteiger partial charge in [0.25, 0.3) is 0 Å². The summed E-state index contributed by atoms with van der Waals surface area (Å²) in [4.78, 5) is 25.6. The van der Waals surface area contributed by atoms with Crippen LogP contribution >= 0.6 is 0 Å². The number of carboxylic acids is 1. The van der Waals surface area contributed by atoms with Crippen LogP contribution in [0.2, 0.25) is 0 Å². The maximum absolute atomic E-state index is 13.0. The minimum absolute atomic E-state index is 0.115. The second kappa shape index (κ2) is 5.15. The molecule has 21 heavy (non-hydrogen) atoms. The molecule has 5 nitrogen and oxygen atoms in total. The Morgan fingerprint density at radius 3 is 2.38 bits per heavy atom. The van der Waals surface area contributed by atoms with Crippen LogP contribution in [0.3, 0.4) is 0 Å². The zero-order valence-electron chi connectivity index (χ0n) is 11.7. The number of carbonyl (C=O) groups excluding carboxylic acids is 1. The van der Waals surface area contributed by atoms with Crippen LogP contribution in [-0.2, 0) is 15.0 Å². The molecule has 1 aliphatic heterocycles. The maximum Gasteiger partial charge on any atom is 0.326 e. The van der Waals surface area contributed by atoms with Crippen molar-refractivity contribution in [1.82, 2.24) is 4.90 Å². The molecule has 1 saturated heterocycles. The standard InChI is InChI=1S/C16H19NO4/c18-12-9-13(14(19)20)17(10-12)15(21)16(7-4-8-16)11-5-2-1-3-6-11/h1-3,5-6,12-13,18H,4,7-10H2,(H,19,20)/t12-,13-/m0/s1. The van der Waals surface area contributed by atoms with Crippen molar-refractivity contribution < 1.29 is 19.8 Å². The predicted molar refractivity (Wildman–Crippen MR) is 75.7 cm³/mol. The van der Waals surface area contributed by atoms with E-state index >= 15 is 0 Å². The third kappa shape index (κ3) is 2.21. The lowest BCUT2D eigenvalue weighted by molar-refractivity contribution is -0.152. The summed E-state index contributed by atoms with van der Waals surface area (Å²) in [6.45, 7) is 0.115. The number of carbonyl (C=O) groups is 2. The van der Waals surface area contributed by atoms with E-state index in [9.17, 15) is 19.8 Å². The van der Waals surface area contributed by atoms with Crippen molar-refractivity contribution in [2.24, 2.45) is 0 Å². The fraction of sp³-hybridized carbons (Fsp3) is 0.500. The van der Waals surface area contributed by atoms with Crippen LogP contribution in [0, 0.1) is 0 Å². The molecule has 5 heteroatoms. The first-order valence-electron chi connectivity index (χ1n) is 7.32. The predicted octanol–water partition coefficient (Wildman–Crippen LogP) is 1.15. The van der Waals surface area contributed by atoms with Crippen molar-refractivity contribution in [3.8, 4) is 0 Å². The molecule has 1 aromatic rings. The Morgan fingerprint density at radius 2 is 1.86 bits per heavy atom. The summed E-state index contributed by atoms with van der Waals surface area (Å²) in [5.74, 6) is -1.19. The summed E-state index contributed by atoms with van der Waals surface area (Å²) in [5.41, 5.74) is 0.353. The van der Waals surface area contributed by atoms with Crippen LogP contribution in [0.1, 0.15) is 31.2 Å². The summed E-state index contributed by atoms with van der Waals surface area (Å²) in [6.07, 6.45) is 1.83. The fourth-order valence-corrected chi connectivity index (χ4v) is 3.46. The zero-order valence-corrected chi connectivity index (χ0v) is 11.7. The Kier molecular flexibility index (Phi) is 3.45. The van der Waals surface area contributed by atoms with Crippen LogP contribution < -0.4 is 0 Å². The molecule has 112 valence electrons. The van der Waals surface area contributed by atoms with Crippen LogP contribution in [0.15, 0.2) is 30.3 Å². The average molecular weight is 289 g/mol. The van der Waals surface area contributed by atoms with Crippen molar-refractivity contribution in [3.05, 3.63) is 35.9 Å². The summed E-state index contributed by atoms with van der Waals surface area (Å²) in [5, 5.41) is 19.0. The number of carboxylic acid groups (broad SMARTS) is 1. The van der Waals surface area contributed by atoms with Crippen molar-refractivity contribution in [3.63, 3.8) is 0 Å². The quantitative estimate of drug-likeness (QED) is 0.875. The lowest BCUT2D eigenvalue weighted by Crippen LogP contribution is -2.54. The second-order valence-electron chi connectivity index (χ2n) is 6.00. The molecule has 1 saturated carbocycles. The topological polar surface area (TPSA) is 77.8 Å². The molecule has 2 aliphatic rings. The van der Waals surface area contributed by atoms with Crippen LogP contribution in [0.25, 0.3) is 0 Å². The summed E-state index contributed by atoms with van der Waals surface area (Å²) in [6, 6.07) is 8.65. The number of aliphatic carboxylic acids is 1. The number of β-amino-alcohol motifs (C(OH)–C–C–N with tert-alkyl or cyclic N) is 1. The monoisotopic (exact) mass is 289 g/mol. The van der Waals surface area contributed by atoms with E-state index in [1.54, 1.807) is 0 Å². The van der Waals surface area contributed by atoms with Gasteiger partial charge in [-0.3, -0.25) is 4.79 Å². The molecule has 0 bridgehead atoms. The normalized spacial score (nSPS) is 27.2. The first-order valence-corrected chi connectivity index (χ1v) is 7.32. The lowest BCUT2D eigenvalue weighted by atomic mass is 9.63. The minimum atomic E-state index is -1.04. The molecule has 1 heterocycles. The SMILES string of the molecule is O=C(O)[C@@H]1C[C@H](O)CN1C(=O)C1(c2ccccc2)CCC1. The third-order valence-corrected chi connectivity index (χ3v) is 4.77. The lowest BCUT2D eigenvalue weighted by Gasteiger charge is -2.44. The molecule has 2 fully saturated rings. The van der Waals surface area contributed by atoms with Gasteiger partial charge in [0.1, 0.15) is 6.04 Å². The zero-order chi connectivity index (χ0) is 15.0. The van der Waals surface area contributed by atoms with Crippen molar-refractivity contribution in [1.29, 1.82) is 0 Å². The number of nitrogens with zero attached hydrogens (tertiary/aromatic N) is 1. The number of rotatable bonds is 3. The molecular weight excluding hydrogens is 270 g/mol. The Balaban J connectivity index is 1.91. The van der Waals surface area contributed by atoms with E-state index in [4.69, 9.17) is 0 Å². The molecule has 3 rings (SSSR count).